The molecule has 0 saturated heterocycles. The van der Waals surface area contributed by atoms with E-state index in [4.69, 9.17) is 39.5 Å². The fourth-order valence-corrected chi connectivity index (χ4v) is 4.13. The van der Waals surface area contributed by atoms with Crippen molar-refractivity contribution in [3.8, 4) is 5.75 Å². The van der Waals surface area contributed by atoms with Crippen molar-refractivity contribution in [3.05, 3.63) is 110 Å². The highest BCUT2D eigenvalue weighted by atomic mass is 35.5. The van der Waals surface area contributed by atoms with Crippen LogP contribution >= 0.6 is 34.8 Å². The lowest BCUT2D eigenvalue weighted by Gasteiger charge is -2.14. The number of rotatable bonds is 8. The molecule has 0 atom stereocenters. The quantitative estimate of drug-likeness (QED) is 0.276. The van der Waals surface area contributed by atoms with E-state index in [2.05, 4.69) is 10.4 Å². The summed E-state index contributed by atoms with van der Waals surface area (Å²) in [6, 6.07) is 22.1. The van der Waals surface area contributed by atoms with E-state index in [1.54, 1.807) is 22.9 Å². The predicted molar refractivity (Wildman–Crippen MR) is 137 cm³/mol. The summed E-state index contributed by atoms with van der Waals surface area (Å²) < 4.78 is 7.85. The predicted octanol–water partition coefficient (Wildman–Crippen LogP) is 6.96. The maximum atomic E-state index is 12.4. The molecule has 0 spiro atoms. The van der Waals surface area contributed by atoms with Gasteiger partial charge in [0.15, 0.2) is 5.82 Å². The van der Waals surface area contributed by atoms with Gasteiger partial charge in [-0.3, -0.25) is 9.48 Å². The number of aryl methyl sites for hydroxylation is 1. The number of hydrogen-bond acceptors (Lipinski definition) is 3. The Hall–Kier alpha value is -2.99. The lowest BCUT2D eigenvalue weighted by atomic mass is 10.1. The van der Waals surface area contributed by atoms with Crippen LogP contribution in [0.3, 0.4) is 0 Å². The van der Waals surface area contributed by atoms with Crippen LogP contribution < -0.4 is 10.1 Å². The number of aromatic nitrogens is 2. The number of amides is 1. The zero-order chi connectivity index (χ0) is 24.1. The minimum absolute atomic E-state index is 0.123. The van der Waals surface area contributed by atoms with Gasteiger partial charge in [0, 0.05) is 38.0 Å². The molecule has 0 aliphatic heterocycles. The number of carbonyl (C=O) groups excluding carboxylic acids is 1. The van der Waals surface area contributed by atoms with Gasteiger partial charge >= 0.3 is 0 Å². The summed E-state index contributed by atoms with van der Waals surface area (Å²) >= 11 is 18.5. The first-order valence-electron chi connectivity index (χ1n) is 10.6. The van der Waals surface area contributed by atoms with Gasteiger partial charge in [-0.05, 0) is 42.8 Å². The molecule has 0 aliphatic carbocycles. The molecular formula is C26H22Cl3N3O2. The number of benzene rings is 3. The fraction of sp³-hybridized carbons (Fsp3) is 0.154. The lowest BCUT2D eigenvalue weighted by Crippen LogP contribution is -2.15. The van der Waals surface area contributed by atoms with Gasteiger partial charge in [-0.1, -0.05) is 71.2 Å². The molecule has 8 heteroatoms. The van der Waals surface area contributed by atoms with Gasteiger partial charge in [-0.2, -0.15) is 5.10 Å². The molecule has 0 unspecified atom stereocenters. The summed E-state index contributed by atoms with van der Waals surface area (Å²) in [6.45, 7) is 2.63. The Bertz CT molecular complexity index is 1310. The normalized spacial score (nSPS) is 10.8. The third-order valence-electron chi connectivity index (χ3n) is 5.20. The molecule has 0 aliphatic rings. The van der Waals surface area contributed by atoms with Crippen molar-refractivity contribution in [2.75, 3.05) is 5.32 Å². The Morgan fingerprint density at radius 1 is 0.941 bits per heavy atom. The molecule has 1 heterocycles. The van der Waals surface area contributed by atoms with Gasteiger partial charge in [-0.25, -0.2) is 0 Å². The van der Waals surface area contributed by atoms with Gasteiger partial charge in [-0.15, -0.1) is 0 Å². The van der Waals surface area contributed by atoms with Crippen molar-refractivity contribution >= 4 is 46.5 Å². The second kappa shape index (κ2) is 11.0. The molecular weight excluding hydrogens is 493 g/mol. The molecule has 0 saturated carbocycles. The third kappa shape index (κ3) is 6.32. The summed E-state index contributed by atoms with van der Waals surface area (Å²) in [5.74, 6) is 1.04. The van der Waals surface area contributed by atoms with Crippen LogP contribution in [0.2, 0.25) is 15.1 Å². The van der Waals surface area contributed by atoms with E-state index in [9.17, 15) is 4.79 Å². The van der Waals surface area contributed by atoms with Crippen molar-refractivity contribution in [2.24, 2.45) is 0 Å². The van der Waals surface area contributed by atoms with Gasteiger partial charge in [0.1, 0.15) is 12.4 Å². The van der Waals surface area contributed by atoms with Crippen LogP contribution in [0, 0.1) is 6.92 Å². The van der Waals surface area contributed by atoms with E-state index in [0.29, 0.717) is 33.2 Å². The molecule has 0 radical (unpaired) electrons. The van der Waals surface area contributed by atoms with Crippen LogP contribution in [-0.2, 0) is 24.4 Å². The molecule has 1 N–H and O–H groups in total. The fourth-order valence-electron chi connectivity index (χ4n) is 3.47. The largest absolute Gasteiger partial charge is 0.488 e. The maximum Gasteiger partial charge on any atom is 0.229 e. The molecule has 1 aromatic heterocycles. The van der Waals surface area contributed by atoms with Crippen LogP contribution in [0.4, 0.5) is 5.82 Å². The third-order valence-corrected chi connectivity index (χ3v) is 6.02. The van der Waals surface area contributed by atoms with E-state index in [0.717, 1.165) is 22.4 Å². The second-order valence-electron chi connectivity index (χ2n) is 7.82. The van der Waals surface area contributed by atoms with Gasteiger partial charge in [0.25, 0.3) is 0 Å². The monoisotopic (exact) mass is 513 g/mol. The Balaban J connectivity index is 1.46. The number of nitrogens with one attached hydrogen (secondary N) is 1. The smallest absolute Gasteiger partial charge is 0.229 e. The van der Waals surface area contributed by atoms with Crippen LogP contribution in [-0.4, -0.2) is 15.7 Å². The SMILES string of the molecule is Cc1cc(NC(=O)Cc2ccccc2)nn1Cc1cc(Cl)ccc1OCc1ccc(Cl)cc1Cl. The number of halogens is 3. The Kier molecular flexibility index (Phi) is 7.78. The highest BCUT2D eigenvalue weighted by Crippen LogP contribution is 2.27. The standard InChI is InChI=1S/C26H22Cl3N3O2/c1-17-11-25(30-26(33)12-18-5-3-2-4-6-18)31-32(17)15-20-13-21(27)9-10-24(20)34-16-19-7-8-22(28)14-23(19)29/h2-11,13-14H,12,15-16H2,1H3,(H,30,31,33). The molecule has 5 nitrogen and oxygen atoms in total. The van der Waals surface area contributed by atoms with Crippen LogP contribution in [0.5, 0.6) is 5.75 Å². The summed E-state index contributed by atoms with van der Waals surface area (Å²) in [5, 5.41) is 9.12. The van der Waals surface area contributed by atoms with Crippen molar-refractivity contribution in [1.82, 2.24) is 9.78 Å². The lowest BCUT2D eigenvalue weighted by molar-refractivity contribution is -0.115. The van der Waals surface area contributed by atoms with Gasteiger partial charge < -0.3 is 10.1 Å². The number of nitrogens with zero attached hydrogens (tertiary/aromatic N) is 2. The van der Waals surface area contributed by atoms with Gasteiger partial charge in [0.05, 0.1) is 13.0 Å². The Morgan fingerprint density at radius 3 is 2.44 bits per heavy atom. The first-order chi connectivity index (χ1) is 16.4. The number of ether oxygens (including phenoxy) is 1. The first kappa shape index (κ1) is 24.1. The molecule has 3 aromatic carbocycles. The van der Waals surface area contributed by atoms with E-state index < -0.39 is 0 Å². The topological polar surface area (TPSA) is 56.2 Å². The molecule has 0 bridgehead atoms. The summed E-state index contributed by atoms with van der Waals surface area (Å²) in [4.78, 5) is 12.4. The first-order valence-corrected chi connectivity index (χ1v) is 11.7. The zero-order valence-corrected chi connectivity index (χ0v) is 20.7. The average Bonchev–Trinajstić information content (AvgIpc) is 3.13. The minimum Gasteiger partial charge on any atom is -0.488 e. The second-order valence-corrected chi connectivity index (χ2v) is 9.10. The molecule has 1 amide bonds. The Labute approximate surface area is 213 Å². The van der Waals surface area contributed by atoms with Crippen molar-refractivity contribution < 1.29 is 9.53 Å². The van der Waals surface area contributed by atoms with Crippen LogP contribution in [0.15, 0.2) is 72.8 Å². The molecule has 4 aromatic rings. The van der Waals surface area contributed by atoms with Crippen molar-refractivity contribution in [3.63, 3.8) is 0 Å². The van der Waals surface area contributed by atoms with Crippen LogP contribution in [0.1, 0.15) is 22.4 Å². The highest BCUT2D eigenvalue weighted by molar-refractivity contribution is 6.35. The van der Waals surface area contributed by atoms with Crippen molar-refractivity contribution in [2.45, 2.75) is 26.5 Å². The summed E-state index contributed by atoms with van der Waals surface area (Å²) in [6.07, 6.45) is 0.284. The van der Waals surface area contributed by atoms with E-state index in [-0.39, 0.29) is 18.9 Å². The molecule has 0 fully saturated rings. The average molecular weight is 515 g/mol. The van der Waals surface area contributed by atoms with E-state index in [1.807, 2.05) is 61.5 Å². The molecule has 34 heavy (non-hydrogen) atoms. The van der Waals surface area contributed by atoms with E-state index in [1.165, 1.54) is 0 Å². The highest BCUT2D eigenvalue weighted by Gasteiger charge is 2.13. The zero-order valence-electron chi connectivity index (χ0n) is 18.4. The summed E-state index contributed by atoms with van der Waals surface area (Å²) in [5.41, 5.74) is 3.51. The van der Waals surface area contributed by atoms with Crippen molar-refractivity contribution in [1.29, 1.82) is 0 Å². The van der Waals surface area contributed by atoms with Crippen LogP contribution in [0.25, 0.3) is 0 Å². The molecule has 4 rings (SSSR count). The van der Waals surface area contributed by atoms with Gasteiger partial charge in [0.2, 0.25) is 5.91 Å². The number of carbonyl (C=O) groups is 1. The maximum absolute atomic E-state index is 12.4. The minimum atomic E-state index is -0.123. The van der Waals surface area contributed by atoms with E-state index >= 15 is 0 Å². The Morgan fingerprint density at radius 2 is 1.68 bits per heavy atom. The summed E-state index contributed by atoms with van der Waals surface area (Å²) in [7, 11) is 0. The number of hydrogen-bond donors (Lipinski definition) is 1. The molecule has 174 valence electrons. The number of anilines is 1.